The molecule has 0 amide bonds. The largest absolute Gasteiger partial charge is 0.417 e. The molecule has 3 rings (SSSR count). The second-order valence-corrected chi connectivity index (χ2v) is 5.99. The molecule has 1 aromatic carbocycles. The Morgan fingerprint density at radius 1 is 1.08 bits per heavy atom. The zero-order valence-electron chi connectivity index (χ0n) is 12.7. The van der Waals surface area contributed by atoms with Crippen LogP contribution in [-0.4, -0.2) is 10.1 Å². The summed E-state index contributed by atoms with van der Waals surface area (Å²) in [5.74, 6) is 0. The highest BCUT2D eigenvalue weighted by atomic mass is 32.2. The molecule has 0 aliphatic rings. The Bertz CT molecular complexity index is 814. The highest BCUT2D eigenvalue weighted by Crippen LogP contribution is 2.38. The Morgan fingerprint density at radius 3 is 2.42 bits per heavy atom. The lowest BCUT2D eigenvalue weighted by Gasteiger charge is -2.06. The summed E-state index contributed by atoms with van der Waals surface area (Å²) in [6, 6.07) is 11.9. The van der Waals surface area contributed by atoms with Gasteiger partial charge in [-0.05, 0) is 35.9 Å². The Balaban J connectivity index is 1.92. The molecule has 0 saturated carbocycles. The summed E-state index contributed by atoms with van der Waals surface area (Å²) < 4.78 is 43.2. The van der Waals surface area contributed by atoms with E-state index in [0.717, 1.165) is 40.8 Å². The van der Waals surface area contributed by atoms with Gasteiger partial charge in [0.05, 0.1) is 16.8 Å². The van der Waals surface area contributed by atoms with Gasteiger partial charge in [0, 0.05) is 6.20 Å². The Hall–Kier alpha value is -2.28. The van der Waals surface area contributed by atoms with Crippen molar-refractivity contribution in [2.45, 2.75) is 29.6 Å². The first-order valence-corrected chi connectivity index (χ1v) is 8.05. The third kappa shape index (κ3) is 3.46. The number of alkyl halides is 3. The molecule has 2 aromatic heterocycles. The van der Waals surface area contributed by atoms with Gasteiger partial charge in [0.15, 0.2) is 0 Å². The summed E-state index contributed by atoms with van der Waals surface area (Å²) >= 11 is 1.16. The van der Waals surface area contributed by atoms with Gasteiger partial charge in [-0.1, -0.05) is 42.4 Å². The summed E-state index contributed by atoms with van der Waals surface area (Å²) in [6.45, 7) is 1.97. The van der Waals surface area contributed by atoms with Crippen LogP contribution in [0.5, 0.6) is 0 Å². The zero-order valence-corrected chi connectivity index (χ0v) is 13.5. The summed E-state index contributed by atoms with van der Waals surface area (Å²) in [5, 5.41) is 4.99. The number of halogens is 3. The van der Waals surface area contributed by atoms with Gasteiger partial charge < -0.3 is 4.52 Å². The molecule has 0 unspecified atom stereocenters. The van der Waals surface area contributed by atoms with Crippen molar-refractivity contribution in [2.24, 2.45) is 0 Å². The first kappa shape index (κ1) is 16.6. The molecule has 0 atom stereocenters. The van der Waals surface area contributed by atoms with Crippen molar-refractivity contribution in [3.05, 3.63) is 59.9 Å². The summed E-state index contributed by atoms with van der Waals surface area (Å²) in [5.41, 5.74) is 1.83. The highest BCUT2D eigenvalue weighted by molar-refractivity contribution is 7.99. The van der Waals surface area contributed by atoms with E-state index in [1.54, 1.807) is 0 Å². The predicted molar refractivity (Wildman–Crippen MR) is 84.7 cm³/mol. The Morgan fingerprint density at radius 2 is 1.83 bits per heavy atom. The first-order chi connectivity index (χ1) is 11.5. The van der Waals surface area contributed by atoms with E-state index in [1.165, 1.54) is 6.07 Å². The van der Waals surface area contributed by atoms with E-state index in [-0.39, 0.29) is 0 Å². The van der Waals surface area contributed by atoms with Crippen LogP contribution in [0.2, 0.25) is 0 Å². The van der Waals surface area contributed by atoms with Gasteiger partial charge >= 0.3 is 6.18 Å². The first-order valence-electron chi connectivity index (χ1n) is 7.24. The van der Waals surface area contributed by atoms with Crippen LogP contribution < -0.4 is 0 Å². The SMILES string of the molecule is CCc1noc(Sc2ccc(C(F)(F)F)cn2)c1-c1ccccc1. The number of nitrogens with zero attached hydrogens (tertiary/aromatic N) is 2. The minimum atomic E-state index is -4.40. The minimum Gasteiger partial charge on any atom is -0.349 e. The summed E-state index contributed by atoms with van der Waals surface area (Å²) in [4.78, 5) is 3.87. The molecule has 3 nitrogen and oxygen atoms in total. The molecule has 0 bridgehead atoms. The predicted octanol–water partition coefficient (Wildman–Crippen LogP) is 5.47. The van der Waals surface area contributed by atoms with Crippen molar-refractivity contribution in [3.8, 4) is 11.1 Å². The van der Waals surface area contributed by atoms with Gasteiger partial charge in [-0.25, -0.2) is 4.98 Å². The fraction of sp³-hybridized carbons (Fsp3) is 0.176. The maximum absolute atomic E-state index is 12.6. The number of aryl methyl sites for hydroxylation is 1. The van der Waals surface area contributed by atoms with E-state index in [0.29, 0.717) is 16.5 Å². The molecule has 124 valence electrons. The van der Waals surface area contributed by atoms with Crippen LogP contribution in [0.15, 0.2) is 63.3 Å². The van der Waals surface area contributed by atoms with Gasteiger partial charge in [-0.2, -0.15) is 13.2 Å². The van der Waals surface area contributed by atoms with Crippen molar-refractivity contribution in [1.82, 2.24) is 10.1 Å². The van der Waals surface area contributed by atoms with Crippen molar-refractivity contribution in [2.75, 3.05) is 0 Å². The average Bonchev–Trinajstić information content (AvgIpc) is 2.98. The molecule has 24 heavy (non-hydrogen) atoms. The van der Waals surface area contributed by atoms with Crippen LogP contribution in [0, 0.1) is 0 Å². The molecular formula is C17H13F3N2OS. The topological polar surface area (TPSA) is 38.9 Å². The van der Waals surface area contributed by atoms with Gasteiger partial charge in [0.2, 0.25) is 5.09 Å². The molecule has 3 aromatic rings. The van der Waals surface area contributed by atoms with Crippen LogP contribution in [0.3, 0.4) is 0 Å². The molecule has 2 heterocycles. The third-order valence-electron chi connectivity index (χ3n) is 3.39. The standard InChI is InChI=1S/C17H13F3N2OS/c1-2-13-15(11-6-4-3-5-7-11)16(23-22-13)24-14-9-8-12(10-21-14)17(18,19)20/h3-10H,2H2,1H3. The van der Waals surface area contributed by atoms with Gasteiger partial charge in [-0.3, -0.25) is 0 Å². The molecule has 0 aliphatic carbocycles. The van der Waals surface area contributed by atoms with Crippen LogP contribution in [0.4, 0.5) is 13.2 Å². The lowest BCUT2D eigenvalue weighted by atomic mass is 10.1. The van der Waals surface area contributed by atoms with Gasteiger partial charge in [0.25, 0.3) is 0 Å². The van der Waals surface area contributed by atoms with Crippen LogP contribution in [0.25, 0.3) is 11.1 Å². The van der Waals surface area contributed by atoms with Crippen molar-refractivity contribution in [3.63, 3.8) is 0 Å². The number of aromatic nitrogens is 2. The third-order valence-corrected chi connectivity index (χ3v) is 4.30. The quantitative estimate of drug-likeness (QED) is 0.625. The minimum absolute atomic E-state index is 0.416. The second kappa shape index (κ2) is 6.68. The van der Waals surface area contributed by atoms with Crippen molar-refractivity contribution < 1.29 is 17.7 Å². The monoisotopic (exact) mass is 350 g/mol. The normalized spacial score (nSPS) is 11.7. The maximum atomic E-state index is 12.6. The lowest BCUT2D eigenvalue weighted by Crippen LogP contribution is -2.04. The molecule has 0 saturated heterocycles. The van der Waals surface area contributed by atoms with Gasteiger partial charge in [-0.15, -0.1) is 0 Å². The Kier molecular flexibility index (Phi) is 4.62. The number of rotatable bonds is 4. The second-order valence-electron chi connectivity index (χ2n) is 5.00. The molecule has 0 N–H and O–H groups in total. The van der Waals surface area contributed by atoms with Gasteiger partial charge in [0.1, 0.15) is 5.03 Å². The van der Waals surface area contributed by atoms with Crippen molar-refractivity contribution in [1.29, 1.82) is 0 Å². The number of hydrogen-bond donors (Lipinski definition) is 0. The zero-order chi connectivity index (χ0) is 17.2. The van der Waals surface area contributed by atoms with E-state index in [9.17, 15) is 13.2 Å². The number of hydrogen-bond acceptors (Lipinski definition) is 4. The average molecular weight is 350 g/mol. The molecule has 0 fully saturated rings. The Labute approximate surface area is 140 Å². The molecule has 0 aliphatic heterocycles. The highest BCUT2D eigenvalue weighted by Gasteiger charge is 2.30. The molecular weight excluding hydrogens is 337 g/mol. The van der Waals surface area contributed by atoms with Crippen LogP contribution in [-0.2, 0) is 12.6 Å². The lowest BCUT2D eigenvalue weighted by molar-refractivity contribution is -0.137. The van der Waals surface area contributed by atoms with Crippen LogP contribution >= 0.6 is 11.8 Å². The van der Waals surface area contributed by atoms with Crippen molar-refractivity contribution >= 4 is 11.8 Å². The fourth-order valence-electron chi connectivity index (χ4n) is 2.21. The summed E-state index contributed by atoms with van der Waals surface area (Å²) in [6.07, 6.45) is -2.89. The molecule has 0 spiro atoms. The number of pyridine rings is 1. The maximum Gasteiger partial charge on any atom is 0.417 e. The molecule has 0 radical (unpaired) electrons. The van der Waals surface area contributed by atoms with E-state index >= 15 is 0 Å². The number of benzene rings is 1. The van der Waals surface area contributed by atoms with E-state index in [4.69, 9.17) is 4.52 Å². The summed E-state index contributed by atoms with van der Waals surface area (Å²) in [7, 11) is 0. The van der Waals surface area contributed by atoms with Crippen LogP contribution in [0.1, 0.15) is 18.2 Å². The molecule has 7 heteroatoms. The smallest absolute Gasteiger partial charge is 0.349 e. The van der Waals surface area contributed by atoms with E-state index < -0.39 is 11.7 Å². The van der Waals surface area contributed by atoms with E-state index in [1.807, 2.05) is 37.3 Å². The van der Waals surface area contributed by atoms with E-state index in [2.05, 4.69) is 10.1 Å². The fourth-order valence-corrected chi connectivity index (χ4v) is 3.05.